The van der Waals surface area contributed by atoms with Crippen molar-refractivity contribution in [1.82, 2.24) is 14.8 Å². The van der Waals surface area contributed by atoms with E-state index in [1.807, 2.05) is 37.3 Å². The van der Waals surface area contributed by atoms with Gasteiger partial charge in [-0.3, -0.25) is 5.32 Å². The van der Waals surface area contributed by atoms with Crippen LogP contribution in [0.1, 0.15) is 33.3 Å². The van der Waals surface area contributed by atoms with Crippen LogP contribution in [0.25, 0.3) is 11.1 Å². The van der Waals surface area contributed by atoms with Crippen molar-refractivity contribution >= 4 is 45.6 Å². The van der Waals surface area contributed by atoms with E-state index in [-0.39, 0.29) is 6.61 Å². The van der Waals surface area contributed by atoms with Crippen LogP contribution in [0, 0.1) is 13.8 Å². The maximum atomic E-state index is 12.9. The molecule has 0 amide bonds. The predicted octanol–water partition coefficient (Wildman–Crippen LogP) is 5.66. The van der Waals surface area contributed by atoms with E-state index in [1.165, 1.54) is 16.9 Å². The van der Waals surface area contributed by atoms with Gasteiger partial charge < -0.3 is 10.1 Å². The zero-order chi connectivity index (χ0) is 24.1. The van der Waals surface area contributed by atoms with Gasteiger partial charge in [-0.05, 0) is 44.1 Å². The van der Waals surface area contributed by atoms with E-state index in [0.717, 1.165) is 21.6 Å². The number of thiophene rings is 1. The summed E-state index contributed by atoms with van der Waals surface area (Å²) in [5.41, 5.74) is 4.60. The molecule has 4 rings (SSSR count). The molecule has 0 aliphatic heterocycles. The number of ether oxygens (including phenoxy) is 1. The second-order valence-corrected chi connectivity index (χ2v) is 9.29. The number of hydrogen-bond donors (Lipinski definition) is 2. The van der Waals surface area contributed by atoms with Gasteiger partial charge in [0, 0.05) is 10.4 Å². The van der Waals surface area contributed by atoms with Crippen molar-refractivity contribution < 1.29 is 9.53 Å². The normalized spacial score (nSPS) is 10.7. The van der Waals surface area contributed by atoms with E-state index in [9.17, 15) is 4.79 Å². The third-order valence-corrected chi connectivity index (χ3v) is 6.31. The number of esters is 1. The minimum atomic E-state index is -0.392. The standard InChI is InChI=1S/C25H25N5O2S2/c1-4-32-23(31)21-20(19-8-6-5-7-9-19)17(3)34-22(21)27-25(33)28-24-26-15-30(29-24)14-18-12-10-16(2)11-13-18/h5-13,15H,4,14H2,1-3H3,(H2,27,28,29,33). The molecule has 2 aromatic carbocycles. The summed E-state index contributed by atoms with van der Waals surface area (Å²) in [5.74, 6) is -0.0182. The third kappa shape index (κ3) is 5.49. The van der Waals surface area contributed by atoms with Crippen LogP contribution >= 0.6 is 23.6 Å². The van der Waals surface area contributed by atoms with E-state index in [4.69, 9.17) is 17.0 Å². The van der Waals surface area contributed by atoms with Gasteiger partial charge in [0.2, 0.25) is 5.95 Å². The number of aromatic nitrogens is 3. The van der Waals surface area contributed by atoms with Crippen LogP contribution in [0.4, 0.5) is 10.9 Å². The molecule has 9 heteroatoms. The molecular weight excluding hydrogens is 466 g/mol. The van der Waals surface area contributed by atoms with Gasteiger partial charge in [0.15, 0.2) is 5.11 Å². The molecule has 0 bridgehead atoms. The average molecular weight is 492 g/mol. The summed E-state index contributed by atoms with van der Waals surface area (Å²) in [6.45, 7) is 6.71. The van der Waals surface area contributed by atoms with Crippen molar-refractivity contribution in [3.8, 4) is 11.1 Å². The number of benzene rings is 2. The summed E-state index contributed by atoms with van der Waals surface area (Å²) in [7, 11) is 0. The fourth-order valence-corrected chi connectivity index (χ4v) is 4.85. The quantitative estimate of drug-likeness (QED) is 0.255. The molecule has 2 aromatic heterocycles. The lowest BCUT2D eigenvalue weighted by atomic mass is 10.0. The molecule has 7 nitrogen and oxygen atoms in total. The van der Waals surface area contributed by atoms with Gasteiger partial charge in [-0.1, -0.05) is 60.2 Å². The minimum Gasteiger partial charge on any atom is -0.462 e. The number of rotatable bonds is 7. The molecule has 4 aromatic rings. The summed E-state index contributed by atoms with van der Waals surface area (Å²) >= 11 is 6.95. The lowest BCUT2D eigenvalue weighted by Crippen LogP contribution is -2.21. The highest BCUT2D eigenvalue weighted by Crippen LogP contribution is 2.40. The topological polar surface area (TPSA) is 81.1 Å². The second-order valence-electron chi connectivity index (χ2n) is 7.65. The van der Waals surface area contributed by atoms with Crippen LogP contribution in [0.15, 0.2) is 60.9 Å². The number of aryl methyl sites for hydroxylation is 2. The van der Waals surface area contributed by atoms with Crippen molar-refractivity contribution in [2.75, 3.05) is 17.2 Å². The minimum absolute atomic E-state index is 0.284. The first-order valence-electron chi connectivity index (χ1n) is 10.8. The van der Waals surface area contributed by atoms with Gasteiger partial charge in [0.25, 0.3) is 0 Å². The van der Waals surface area contributed by atoms with Crippen molar-refractivity contribution in [3.05, 3.63) is 82.5 Å². The van der Waals surface area contributed by atoms with Crippen molar-refractivity contribution in [1.29, 1.82) is 0 Å². The Bertz CT molecular complexity index is 1300. The first-order valence-corrected chi connectivity index (χ1v) is 12.1. The Morgan fingerprint density at radius 1 is 1.09 bits per heavy atom. The Balaban J connectivity index is 1.51. The highest BCUT2D eigenvalue weighted by Gasteiger charge is 2.25. The van der Waals surface area contributed by atoms with Gasteiger partial charge in [0.1, 0.15) is 16.9 Å². The number of carbonyl (C=O) groups is 1. The van der Waals surface area contributed by atoms with Gasteiger partial charge in [-0.15, -0.1) is 16.4 Å². The highest BCUT2D eigenvalue weighted by molar-refractivity contribution is 7.80. The lowest BCUT2D eigenvalue weighted by Gasteiger charge is -2.10. The largest absolute Gasteiger partial charge is 0.462 e. The number of nitrogens with zero attached hydrogens (tertiary/aromatic N) is 3. The van der Waals surface area contributed by atoms with Gasteiger partial charge in [-0.25, -0.2) is 14.5 Å². The molecular formula is C25H25N5O2S2. The predicted molar refractivity (Wildman–Crippen MR) is 141 cm³/mol. The fourth-order valence-electron chi connectivity index (χ4n) is 3.53. The molecule has 0 atom stereocenters. The SMILES string of the molecule is CCOC(=O)c1c(NC(=S)Nc2ncn(Cc3ccc(C)cc3)n2)sc(C)c1-c1ccccc1. The molecule has 0 fully saturated rings. The van der Waals surface area contributed by atoms with Crippen LogP contribution in [0.3, 0.4) is 0 Å². The first-order chi connectivity index (χ1) is 16.4. The fraction of sp³-hybridized carbons (Fsp3) is 0.200. The number of carbonyl (C=O) groups excluding carboxylic acids is 1. The number of thiocarbonyl (C=S) groups is 1. The van der Waals surface area contributed by atoms with Crippen molar-refractivity contribution in [3.63, 3.8) is 0 Å². The lowest BCUT2D eigenvalue weighted by molar-refractivity contribution is 0.0529. The zero-order valence-electron chi connectivity index (χ0n) is 19.2. The molecule has 0 aliphatic carbocycles. The molecule has 2 heterocycles. The van der Waals surface area contributed by atoms with E-state index >= 15 is 0 Å². The molecule has 0 aliphatic rings. The average Bonchev–Trinajstić information content (AvgIpc) is 3.39. The smallest absolute Gasteiger partial charge is 0.341 e. The Labute approximate surface area is 207 Å². The first kappa shape index (κ1) is 23.6. The molecule has 34 heavy (non-hydrogen) atoms. The molecule has 2 N–H and O–H groups in total. The van der Waals surface area contributed by atoms with Crippen LogP contribution in [-0.4, -0.2) is 32.5 Å². The molecule has 0 saturated carbocycles. The van der Waals surface area contributed by atoms with Gasteiger partial charge in [0.05, 0.1) is 13.2 Å². The van der Waals surface area contributed by atoms with Crippen molar-refractivity contribution in [2.24, 2.45) is 0 Å². The summed E-state index contributed by atoms with van der Waals surface area (Å²) in [6, 6.07) is 18.0. The maximum absolute atomic E-state index is 12.9. The van der Waals surface area contributed by atoms with E-state index in [2.05, 4.69) is 51.9 Å². The number of hydrogen-bond acceptors (Lipinski definition) is 6. The van der Waals surface area contributed by atoms with Crippen LogP contribution < -0.4 is 10.6 Å². The molecule has 0 spiro atoms. The number of nitrogens with one attached hydrogen (secondary N) is 2. The van der Waals surface area contributed by atoms with E-state index in [0.29, 0.717) is 28.2 Å². The van der Waals surface area contributed by atoms with Crippen LogP contribution in [0.5, 0.6) is 0 Å². The molecule has 0 saturated heterocycles. The summed E-state index contributed by atoms with van der Waals surface area (Å²) in [5, 5.41) is 11.5. The molecule has 0 radical (unpaired) electrons. The van der Waals surface area contributed by atoms with E-state index < -0.39 is 5.97 Å². The Morgan fingerprint density at radius 3 is 2.53 bits per heavy atom. The number of anilines is 2. The van der Waals surface area contributed by atoms with Crippen LogP contribution in [-0.2, 0) is 11.3 Å². The zero-order valence-corrected chi connectivity index (χ0v) is 20.8. The van der Waals surface area contributed by atoms with Crippen LogP contribution in [0.2, 0.25) is 0 Å². The van der Waals surface area contributed by atoms with E-state index in [1.54, 1.807) is 17.9 Å². The van der Waals surface area contributed by atoms with Gasteiger partial charge in [-0.2, -0.15) is 0 Å². The van der Waals surface area contributed by atoms with Gasteiger partial charge >= 0.3 is 5.97 Å². The maximum Gasteiger partial charge on any atom is 0.341 e. The Kier molecular flexibility index (Phi) is 7.34. The Morgan fingerprint density at radius 2 is 1.82 bits per heavy atom. The van der Waals surface area contributed by atoms with Crippen molar-refractivity contribution in [2.45, 2.75) is 27.3 Å². The second kappa shape index (κ2) is 10.6. The summed E-state index contributed by atoms with van der Waals surface area (Å²) < 4.78 is 7.09. The third-order valence-electron chi connectivity index (χ3n) is 5.08. The Hall–Kier alpha value is -3.56. The monoisotopic (exact) mass is 491 g/mol. The molecule has 174 valence electrons. The summed E-state index contributed by atoms with van der Waals surface area (Å²) in [4.78, 5) is 18.1. The molecule has 0 unspecified atom stereocenters. The summed E-state index contributed by atoms with van der Waals surface area (Å²) in [6.07, 6.45) is 1.65. The highest BCUT2D eigenvalue weighted by atomic mass is 32.1.